The van der Waals surface area contributed by atoms with Crippen molar-refractivity contribution in [3.8, 4) is 0 Å². The Balaban J connectivity index is 3.01. The Kier molecular flexibility index (Phi) is 3.68. The lowest BCUT2D eigenvalue weighted by atomic mass is 10.1. The lowest BCUT2D eigenvalue weighted by Crippen LogP contribution is -2.20. The van der Waals surface area contributed by atoms with E-state index in [0.717, 1.165) is 0 Å². The number of carboxylic acid groups (broad SMARTS) is 1. The average molecular weight is 228 g/mol. The van der Waals surface area contributed by atoms with Gasteiger partial charge >= 0.3 is 5.97 Å². The number of amides is 1. The van der Waals surface area contributed by atoms with Crippen LogP contribution in [0, 0.1) is 0 Å². The van der Waals surface area contributed by atoms with Crippen molar-refractivity contribution in [2.24, 2.45) is 0 Å². The zero-order chi connectivity index (χ0) is 11.4. The van der Waals surface area contributed by atoms with Crippen molar-refractivity contribution in [2.75, 3.05) is 0 Å². The molecule has 0 atom stereocenters. The quantitative estimate of drug-likeness (QED) is 0.826. The van der Waals surface area contributed by atoms with Gasteiger partial charge in [-0.2, -0.15) is 0 Å². The molecule has 4 nitrogen and oxygen atoms in total. The van der Waals surface area contributed by atoms with Crippen molar-refractivity contribution < 1.29 is 14.7 Å². The summed E-state index contributed by atoms with van der Waals surface area (Å²) >= 11 is 5.75. The van der Waals surface area contributed by atoms with Gasteiger partial charge in [0.1, 0.15) is 0 Å². The van der Waals surface area contributed by atoms with Crippen molar-refractivity contribution >= 4 is 23.5 Å². The molecule has 0 saturated carbocycles. The number of carbonyl (C=O) groups is 2. The summed E-state index contributed by atoms with van der Waals surface area (Å²) in [7, 11) is 0. The minimum absolute atomic E-state index is 0.0351. The number of rotatable bonds is 3. The largest absolute Gasteiger partial charge is 0.478 e. The number of aromatic carboxylic acids is 1. The fourth-order valence-corrected chi connectivity index (χ4v) is 1.45. The molecule has 80 valence electrons. The monoisotopic (exact) mass is 227 g/mol. The molecule has 0 radical (unpaired) electrons. The van der Waals surface area contributed by atoms with Gasteiger partial charge in [-0.05, 0) is 11.6 Å². The first-order valence-electron chi connectivity index (χ1n) is 4.27. The highest BCUT2D eigenvalue weighted by Gasteiger charge is 2.13. The average Bonchev–Trinajstić information content (AvgIpc) is 2.13. The Hall–Kier alpha value is -1.55. The molecular weight excluding hydrogens is 218 g/mol. The molecule has 0 aliphatic heterocycles. The minimum atomic E-state index is -1.10. The summed E-state index contributed by atoms with van der Waals surface area (Å²) in [6.07, 6.45) is 0. The van der Waals surface area contributed by atoms with Gasteiger partial charge in [-0.1, -0.05) is 23.7 Å². The Bertz CT molecular complexity index is 404. The van der Waals surface area contributed by atoms with Crippen LogP contribution in [0.2, 0.25) is 5.02 Å². The van der Waals surface area contributed by atoms with Gasteiger partial charge in [-0.25, -0.2) is 4.79 Å². The third-order valence-electron chi connectivity index (χ3n) is 1.84. The molecule has 0 saturated heterocycles. The second-order valence-electron chi connectivity index (χ2n) is 2.99. The fraction of sp³-hybridized carbons (Fsp3) is 0.200. The van der Waals surface area contributed by atoms with Crippen LogP contribution in [0.4, 0.5) is 0 Å². The van der Waals surface area contributed by atoms with E-state index in [1.54, 1.807) is 12.1 Å². The molecular formula is C10H10ClNO3. The first-order chi connectivity index (χ1) is 7.02. The van der Waals surface area contributed by atoms with Crippen LogP contribution >= 0.6 is 11.6 Å². The van der Waals surface area contributed by atoms with E-state index in [9.17, 15) is 9.59 Å². The van der Waals surface area contributed by atoms with Gasteiger partial charge in [0.15, 0.2) is 0 Å². The van der Waals surface area contributed by atoms with Gasteiger partial charge in [0.25, 0.3) is 0 Å². The summed E-state index contributed by atoms with van der Waals surface area (Å²) in [6, 6.07) is 4.76. The topological polar surface area (TPSA) is 66.4 Å². The van der Waals surface area contributed by atoms with Crippen LogP contribution in [0.5, 0.6) is 0 Å². The van der Waals surface area contributed by atoms with E-state index in [0.29, 0.717) is 5.56 Å². The van der Waals surface area contributed by atoms with Gasteiger partial charge < -0.3 is 10.4 Å². The lowest BCUT2D eigenvalue weighted by molar-refractivity contribution is -0.119. The summed E-state index contributed by atoms with van der Waals surface area (Å²) in [5, 5.41) is 11.6. The van der Waals surface area contributed by atoms with Crippen LogP contribution in [0.3, 0.4) is 0 Å². The molecule has 0 aliphatic rings. The third kappa shape index (κ3) is 2.95. The molecule has 0 heterocycles. The predicted octanol–water partition coefficient (Wildman–Crippen LogP) is 1.67. The van der Waals surface area contributed by atoms with Crippen molar-refractivity contribution in [1.82, 2.24) is 5.32 Å². The summed E-state index contributed by atoms with van der Waals surface area (Å²) in [5.74, 6) is -1.31. The second-order valence-corrected chi connectivity index (χ2v) is 3.40. The Morgan fingerprint density at radius 2 is 2.13 bits per heavy atom. The van der Waals surface area contributed by atoms with E-state index in [4.69, 9.17) is 16.7 Å². The maximum absolute atomic E-state index is 10.9. The van der Waals surface area contributed by atoms with Crippen LogP contribution in [0.25, 0.3) is 0 Å². The van der Waals surface area contributed by atoms with Crippen molar-refractivity contribution in [2.45, 2.75) is 13.5 Å². The van der Waals surface area contributed by atoms with Crippen molar-refractivity contribution in [3.63, 3.8) is 0 Å². The Morgan fingerprint density at radius 3 is 2.67 bits per heavy atom. The zero-order valence-corrected chi connectivity index (χ0v) is 8.84. The number of carboxylic acids is 1. The van der Waals surface area contributed by atoms with Gasteiger partial charge in [0, 0.05) is 13.5 Å². The third-order valence-corrected chi connectivity index (χ3v) is 2.16. The van der Waals surface area contributed by atoms with E-state index in [1.165, 1.54) is 13.0 Å². The molecule has 0 bridgehead atoms. The second kappa shape index (κ2) is 4.79. The number of nitrogens with one attached hydrogen (secondary N) is 1. The highest BCUT2D eigenvalue weighted by molar-refractivity contribution is 6.33. The van der Waals surface area contributed by atoms with Crippen molar-refractivity contribution in [3.05, 3.63) is 34.3 Å². The number of carbonyl (C=O) groups excluding carboxylic acids is 1. The summed E-state index contributed by atoms with van der Waals surface area (Å²) in [4.78, 5) is 21.6. The normalized spacial score (nSPS) is 9.73. The molecule has 1 amide bonds. The SMILES string of the molecule is CC(=O)NCc1cccc(Cl)c1C(=O)O. The standard InChI is InChI=1S/C10H10ClNO3/c1-6(13)12-5-7-3-2-4-8(11)9(7)10(14)15/h2-4H,5H2,1H3,(H,12,13)(H,14,15). The van der Waals surface area contributed by atoms with E-state index in [-0.39, 0.29) is 23.0 Å². The lowest BCUT2D eigenvalue weighted by Gasteiger charge is -2.07. The molecule has 1 rings (SSSR count). The first-order valence-corrected chi connectivity index (χ1v) is 4.65. The van der Waals surface area contributed by atoms with E-state index < -0.39 is 5.97 Å². The smallest absolute Gasteiger partial charge is 0.337 e. The van der Waals surface area contributed by atoms with Gasteiger partial charge in [0.05, 0.1) is 10.6 Å². The van der Waals surface area contributed by atoms with Crippen molar-refractivity contribution in [1.29, 1.82) is 0 Å². The highest BCUT2D eigenvalue weighted by Crippen LogP contribution is 2.19. The molecule has 1 aromatic carbocycles. The van der Waals surface area contributed by atoms with Crippen LogP contribution in [0.15, 0.2) is 18.2 Å². The molecule has 1 aromatic rings. The van der Waals surface area contributed by atoms with E-state index >= 15 is 0 Å². The van der Waals surface area contributed by atoms with Crippen LogP contribution < -0.4 is 5.32 Å². The van der Waals surface area contributed by atoms with E-state index in [1.807, 2.05) is 0 Å². The molecule has 0 aliphatic carbocycles. The number of halogens is 1. The summed E-state index contributed by atoms with van der Waals surface area (Å²) in [5.41, 5.74) is 0.526. The maximum atomic E-state index is 10.9. The first kappa shape index (κ1) is 11.5. The van der Waals surface area contributed by atoms with Crippen LogP contribution in [-0.2, 0) is 11.3 Å². The van der Waals surface area contributed by atoms with Crippen LogP contribution in [0.1, 0.15) is 22.8 Å². The Labute approximate surface area is 91.9 Å². The maximum Gasteiger partial charge on any atom is 0.337 e. The summed E-state index contributed by atoms with van der Waals surface area (Å²) < 4.78 is 0. The highest BCUT2D eigenvalue weighted by atomic mass is 35.5. The van der Waals surface area contributed by atoms with E-state index in [2.05, 4.69) is 5.32 Å². The molecule has 15 heavy (non-hydrogen) atoms. The molecule has 0 aromatic heterocycles. The molecule has 0 unspecified atom stereocenters. The summed E-state index contributed by atoms with van der Waals surface area (Å²) in [6.45, 7) is 1.53. The van der Waals surface area contributed by atoms with Gasteiger partial charge in [-0.3, -0.25) is 4.79 Å². The van der Waals surface area contributed by atoms with Gasteiger partial charge in [-0.15, -0.1) is 0 Å². The minimum Gasteiger partial charge on any atom is -0.478 e. The molecule has 0 fully saturated rings. The number of hydrogen-bond acceptors (Lipinski definition) is 2. The molecule has 0 spiro atoms. The van der Waals surface area contributed by atoms with Gasteiger partial charge in [0.2, 0.25) is 5.91 Å². The number of hydrogen-bond donors (Lipinski definition) is 2. The molecule has 5 heteroatoms. The van der Waals surface area contributed by atoms with Crippen LogP contribution in [-0.4, -0.2) is 17.0 Å². The zero-order valence-electron chi connectivity index (χ0n) is 8.08. The Morgan fingerprint density at radius 1 is 1.47 bits per heavy atom. The predicted molar refractivity (Wildman–Crippen MR) is 55.9 cm³/mol. The number of benzene rings is 1. The molecule has 2 N–H and O–H groups in total. The fourth-order valence-electron chi connectivity index (χ4n) is 1.18.